The monoisotopic (exact) mass is 688 g/mol. The number of rotatable bonds is 15. The van der Waals surface area contributed by atoms with Crippen molar-refractivity contribution in [2.24, 2.45) is 0 Å². The first-order valence-corrected chi connectivity index (χ1v) is 15.9. The molecule has 1 saturated heterocycles. The van der Waals surface area contributed by atoms with Crippen molar-refractivity contribution in [3.8, 4) is 5.75 Å². The molecule has 0 spiro atoms. The number of ether oxygens (including phenoxy) is 4. The van der Waals surface area contributed by atoms with E-state index in [2.05, 4.69) is 10.6 Å². The maximum Gasteiger partial charge on any atom is 0.407 e. The van der Waals surface area contributed by atoms with Gasteiger partial charge in [-0.2, -0.15) is 13.2 Å². The second-order valence-electron chi connectivity index (χ2n) is 11.7. The molecule has 0 aromatic heterocycles. The van der Waals surface area contributed by atoms with Gasteiger partial charge in [-0.3, -0.25) is 9.59 Å². The minimum Gasteiger partial charge on any atom is -0.497 e. The molecule has 264 valence electrons. The molecule has 2 N–H and O–H groups in total. The highest BCUT2D eigenvalue weighted by atomic mass is 19.4. The number of benzene rings is 3. The first-order chi connectivity index (χ1) is 23.5. The molecule has 0 bridgehead atoms. The van der Waals surface area contributed by atoms with Gasteiger partial charge in [-0.05, 0) is 53.3 Å². The maximum atomic E-state index is 15.3. The highest BCUT2D eigenvalue weighted by Crippen LogP contribution is 2.31. The van der Waals surface area contributed by atoms with Gasteiger partial charge in [0.05, 0.1) is 45.8 Å². The molecule has 9 nitrogen and oxygen atoms in total. The number of alkyl carbamates (subject to hydrolysis) is 1. The van der Waals surface area contributed by atoms with E-state index in [9.17, 15) is 27.6 Å². The second-order valence-corrected chi connectivity index (χ2v) is 11.7. The molecule has 0 unspecified atom stereocenters. The number of carbonyl (C=O) groups is 3. The number of Topliss-reactive ketones (excluding diaryl/α,β-unsaturated/α-hetero) is 1. The molecule has 1 fully saturated rings. The Morgan fingerprint density at radius 3 is 2.33 bits per heavy atom. The Morgan fingerprint density at radius 1 is 0.980 bits per heavy atom. The van der Waals surface area contributed by atoms with Crippen molar-refractivity contribution >= 4 is 17.8 Å². The minimum absolute atomic E-state index is 0.135. The standard InChI is InChI=1S/C36H40F4N2O7/c1-46-27-13-11-24(12-14-27)33(23-7-4-3-5-8-23)34(42-35(45)47-2)31(43)19-25-9-6-10-30(37)29(25)16-15-28-20-41-26(21-48-28)22-49-32(44)17-18-36(38,39)40/h3-14,26,28,33-34,41H,15-22H2,1-2H3,(H,42,45)/t26-,28+,33+,34+/m0/s1. The normalized spacial score (nSPS) is 17.4. The minimum atomic E-state index is -4.44. The molecule has 4 atom stereocenters. The van der Waals surface area contributed by atoms with Crippen LogP contribution in [-0.4, -0.2) is 76.2 Å². The van der Waals surface area contributed by atoms with Crippen molar-refractivity contribution < 1.29 is 50.9 Å². The molecule has 49 heavy (non-hydrogen) atoms. The molecule has 13 heteroatoms. The average Bonchev–Trinajstić information content (AvgIpc) is 3.10. The molecule has 0 saturated carbocycles. The van der Waals surface area contributed by atoms with Gasteiger partial charge in [-0.1, -0.05) is 54.6 Å². The fourth-order valence-electron chi connectivity index (χ4n) is 5.71. The molecule has 3 aromatic rings. The zero-order valence-electron chi connectivity index (χ0n) is 27.3. The lowest BCUT2D eigenvalue weighted by Gasteiger charge is -2.30. The fraction of sp³-hybridized carbons (Fsp3) is 0.417. The van der Waals surface area contributed by atoms with E-state index in [1.165, 1.54) is 19.2 Å². The number of methoxy groups -OCH3 is 2. The summed E-state index contributed by atoms with van der Waals surface area (Å²) in [7, 11) is 2.76. The van der Waals surface area contributed by atoms with Gasteiger partial charge in [-0.25, -0.2) is 9.18 Å². The summed E-state index contributed by atoms with van der Waals surface area (Å²) in [6.45, 7) is 0.358. The Kier molecular flexibility index (Phi) is 13.5. The van der Waals surface area contributed by atoms with Crippen LogP contribution >= 0.6 is 0 Å². The van der Waals surface area contributed by atoms with Gasteiger partial charge in [0.25, 0.3) is 0 Å². The second kappa shape index (κ2) is 17.8. The van der Waals surface area contributed by atoms with Crippen molar-refractivity contribution in [2.45, 2.75) is 62.4 Å². The van der Waals surface area contributed by atoms with Crippen LogP contribution in [0.1, 0.15) is 47.4 Å². The van der Waals surface area contributed by atoms with Gasteiger partial charge in [-0.15, -0.1) is 0 Å². The van der Waals surface area contributed by atoms with E-state index in [1.54, 1.807) is 25.3 Å². The van der Waals surface area contributed by atoms with Crippen LogP contribution in [0.3, 0.4) is 0 Å². The number of morpholine rings is 1. The molecule has 0 aliphatic carbocycles. The molecule has 0 radical (unpaired) electrons. The highest BCUT2D eigenvalue weighted by molar-refractivity contribution is 5.91. The first-order valence-electron chi connectivity index (χ1n) is 15.9. The largest absolute Gasteiger partial charge is 0.497 e. The van der Waals surface area contributed by atoms with Crippen LogP contribution in [0, 0.1) is 5.82 Å². The van der Waals surface area contributed by atoms with E-state index >= 15 is 4.39 Å². The zero-order chi connectivity index (χ0) is 35.4. The summed E-state index contributed by atoms with van der Waals surface area (Å²) in [5.74, 6) is -1.75. The van der Waals surface area contributed by atoms with Crippen molar-refractivity contribution in [3.05, 3.63) is 101 Å². The summed E-state index contributed by atoms with van der Waals surface area (Å²) in [6.07, 6.45) is -7.08. The molecule has 1 heterocycles. The number of ketones is 1. The summed E-state index contributed by atoms with van der Waals surface area (Å²) in [4.78, 5) is 38.3. The van der Waals surface area contributed by atoms with E-state index in [4.69, 9.17) is 18.9 Å². The quantitative estimate of drug-likeness (QED) is 0.155. The number of hydrogen-bond donors (Lipinski definition) is 2. The van der Waals surface area contributed by atoms with Crippen LogP contribution in [0.4, 0.5) is 22.4 Å². The Bertz CT molecular complexity index is 1530. The van der Waals surface area contributed by atoms with Crippen LogP contribution in [0.5, 0.6) is 5.75 Å². The number of alkyl halides is 3. The predicted molar refractivity (Wildman–Crippen MR) is 172 cm³/mol. The third-order valence-electron chi connectivity index (χ3n) is 8.29. The topological polar surface area (TPSA) is 112 Å². The molecule has 4 rings (SSSR count). The fourth-order valence-corrected chi connectivity index (χ4v) is 5.71. The molecule has 1 aliphatic rings. The number of esters is 1. The summed E-state index contributed by atoms with van der Waals surface area (Å²) < 4.78 is 73.3. The Hall–Kier alpha value is -4.49. The van der Waals surface area contributed by atoms with Crippen LogP contribution < -0.4 is 15.4 Å². The predicted octanol–water partition coefficient (Wildman–Crippen LogP) is 5.68. The van der Waals surface area contributed by atoms with Gasteiger partial charge in [0, 0.05) is 18.9 Å². The molecular formula is C36H40F4N2O7. The zero-order valence-corrected chi connectivity index (χ0v) is 27.3. The van der Waals surface area contributed by atoms with E-state index in [-0.39, 0.29) is 37.9 Å². The molecule has 1 aliphatic heterocycles. The van der Waals surface area contributed by atoms with Crippen molar-refractivity contribution in [1.29, 1.82) is 0 Å². The first kappa shape index (κ1) is 37.3. The summed E-state index contributed by atoms with van der Waals surface area (Å²) in [6, 6.07) is 19.5. The van der Waals surface area contributed by atoms with E-state index in [0.717, 1.165) is 11.1 Å². The Labute approximate surface area is 282 Å². The number of halogens is 4. The molecular weight excluding hydrogens is 648 g/mol. The van der Waals surface area contributed by atoms with Crippen LogP contribution in [0.15, 0.2) is 72.8 Å². The van der Waals surface area contributed by atoms with Crippen molar-refractivity contribution in [1.82, 2.24) is 10.6 Å². The van der Waals surface area contributed by atoms with E-state index in [0.29, 0.717) is 29.8 Å². The summed E-state index contributed by atoms with van der Waals surface area (Å²) in [5, 5.41) is 5.87. The molecule has 3 aromatic carbocycles. The Morgan fingerprint density at radius 2 is 1.69 bits per heavy atom. The number of amides is 1. The van der Waals surface area contributed by atoms with Crippen LogP contribution in [0.25, 0.3) is 0 Å². The maximum absolute atomic E-state index is 15.3. The highest BCUT2D eigenvalue weighted by Gasteiger charge is 2.34. The third kappa shape index (κ3) is 11.3. The lowest BCUT2D eigenvalue weighted by Crippen LogP contribution is -2.49. The summed E-state index contributed by atoms with van der Waals surface area (Å²) in [5.41, 5.74) is 2.34. The average molecular weight is 689 g/mol. The lowest BCUT2D eigenvalue weighted by atomic mass is 9.81. The van der Waals surface area contributed by atoms with Crippen LogP contribution in [-0.2, 0) is 36.6 Å². The van der Waals surface area contributed by atoms with Crippen molar-refractivity contribution in [2.75, 3.05) is 34.0 Å². The number of carbonyl (C=O) groups excluding carboxylic acids is 3. The summed E-state index contributed by atoms with van der Waals surface area (Å²) >= 11 is 0. The van der Waals surface area contributed by atoms with E-state index < -0.39 is 54.9 Å². The van der Waals surface area contributed by atoms with Crippen LogP contribution in [0.2, 0.25) is 0 Å². The third-order valence-corrected chi connectivity index (χ3v) is 8.29. The van der Waals surface area contributed by atoms with Gasteiger partial charge < -0.3 is 29.6 Å². The number of nitrogens with one attached hydrogen (secondary N) is 2. The smallest absolute Gasteiger partial charge is 0.407 e. The van der Waals surface area contributed by atoms with Gasteiger partial charge in [0.15, 0.2) is 5.78 Å². The van der Waals surface area contributed by atoms with Gasteiger partial charge in [0.1, 0.15) is 24.2 Å². The molecule has 1 amide bonds. The van der Waals surface area contributed by atoms with Crippen molar-refractivity contribution in [3.63, 3.8) is 0 Å². The lowest BCUT2D eigenvalue weighted by molar-refractivity contribution is -0.158. The van der Waals surface area contributed by atoms with Gasteiger partial charge in [0.2, 0.25) is 0 Å². The van der Waals surface area contributed by atoms with E-state index in [1.807, 2.05) is 42.5 Å². The number of hydrogen-bond acceptors (Lipinski definition) is 8. The SMILES string of the molecule is COC(=O)N[C@H](C(=O)Cc1cccc(F)c1CC[C@@H]1CN[C@H](COC(=O)CCC(F)(F)F)CO1)[C@H](c1ccccc1)c1ccc(OC)cc1. The van der Waals surface area contributed by atoms with Gasteiger partial charge >= 0.3 is 18.2 Å². The Balaban J connectivity index is 1.44.